The van der Waals surface area contributed by atoms with Crippen molar-refractivity contribution in [3.63, 3.8) is 0 Å². The van der Waals surface area contributed by atoms with Crippen LogP contribution in [0, 0.1) is 0 Å². The maximum absolute atomic E-state index is 6.10. The first kappa shape index (κ1) is 16.0. The Hall–Kier alpha value is -1.42. The second kappa shape index (κ2) is 7.03. The second-order valence-electron chi connectivity index (χ2n) is 4.08. The molecule has 2 aromatic carbocycles. The molecule has 0 aromatic heterocycles. The van der Waals surface area contributed by atoms with Crippen LogP contribution in [0.3, 0.4) is 0 Å². The highest BCUT2D eigenvalue weighted by Crippen LogP contribution is 2.37. The molecular weight excluding hydrogens is 333 g/mol. The summed E-state index contributed by atoms with van der Waals surface area (Å²) in [4.78, 5) is 4.36. The summed E-state index contributed by atoms with van der Waals surface area (Å²) in [5.74, 6) is 1.08. The van der Waals surface area contributed by atoms with Gasteiger partial charge in [0.2, 0.25) is 0 Å². The first-order chi connectivity index (χ1) is 10.0. The quantitative estimate of drug-likeness (QED) is 0.694. The normalized spacial score (nSPS) is 10.9. The van der Waals surface area contributed by atoms with Gasteiger partial charge in [0.1, 0.15) is 17.2 Å². The molecule has 0 unspecified atom stereocenters. The predicted octanol–water partition coefficient (Wildman–Crippen LogP) is 5.41. The number of methoxy groups -OCH3 is 2. The predicted molar refractivity (Wildman–Crippen MR) is 88.3 cm³/mol. The fourth-order valence-corrected chi connectivity index (χ4v) is 2.38. The van der Waals surface area contributed by atoms with Crippen LogP contribution in [0.2, 0.25) is 15.1 Å². The first-order valence-corrected chi connectivity index (χ1v) is 7.09. The summed E-state index contributed by atoms with van der Waals surface area (Å²) in [5, 5.41) is 1.54. The highest BCUT2D eigenvalue weighted by Gasteiger charge is 2.09. The molecule has 2 aromatic rings. The van der Waals surface area contributed by atoms with Gasteiger partial charge in [0.05, 0.1) is 24.3 Å². The molecule has 0 aliphatic rings. The van der Waals surface area contributed by atoms with Gasteiger partial charge in [0, 0.05) is 22.9 Å². The molecule has 21 heavy (non-hydrogen) atoms. The van der Waals surface area contributed by atoms with Gasteiger partial charge < -0.3 is 9.47 Å². The van der Waals surface area contributed by atoms with Crippen molar-refractivity contribution in [2.75, 3.05) is 14.2 Å². The molecule has 6 heteroatoms. The summed E-state index contributed by atoms with van der Waals surface area (Å²) < 4.78 is 10.4. The molecule has 0 atom stereocenters. The van der Waals surface area contributed by atoms with E-state index >= 15 is 0 Å². The molecule has 3 nitrogen and oxygen atoms in total. The summed E-state index contributed by atoms with van der Waals surface area (Å²) in [6, 6.07) is 8.53. The zero-order valence-electron chi connectivity index (χ0n) is 11.4. The lowest BCUT2D eigenvalue weighted by molar-refractivity contribution is 0.395. The molecule has 0 aliphatic carbocycles. The van der Waals surface area contributed by atoms with E-state index < -0.39 is 0 Å². The van der Waals surface area contributed by atoms with Crippen LogP contribution in [0.5, 0.6) is 11.5 Å². The van der Waals surface area contributed by atoms with Gasteiger partial charge in [-0.2, -0.15) is 0 Å². The summed E-state index contributed by atoms with van der Waals surface area (Å²) in [7, 11) is 3.09. The summed E-state index contributed by atoms with van der Waals surface area (Å²) in [5.41, 5.74) is 1.32. The lowest BCUT2D eigenvalue weighted by Crippen LogP contribution is -1.89. The van der Waals surface area contributed by atoms with Gasteiger partial charge in [-0.15, -0.1) is 0 Å². The number of benzene rings is 2. The molecule has 0 saturated heterocycles. The van der Waals surface area contributed by atoms with Crippen molar-refractivity contribution in [3.05, 3.63) is 51.0 Å². The number of halogens is 3. The molecule has 0 heterocycles. The SMILES string of the molecule is COc1cc(OC)c(N=Cc2ccc(Cl)cc2Cl)cc1Cl. The van der Waals surface area contributed by atoms with Crippen LogP contribution in [0.25, 0.3) is 0 Å². The minimum atomic E-state index is 0.452. The number of nitrogens with zero attached hydrogens (tertiary/aromatic N) is 1. The number of hydrogen-bond donors (Lipinski definition) is 0. The third-order valence-corrected chi connectivity index (χ3v) is 3.62. The van der Waals surface area contributed by atoms with Gasteiger partial charge in [-0.25, -0.2) is 0 Å². The van der Waals surface area contributed by atoms with Gasteiger partial charge in [-0.3, -0.25) is 4.99 Å². The van der Waals surface area contributed by atoms with Crippen LogP contribution < -0.4 is 9.47 Å². The fraction of sp³-hybridized carbons (Fsp3) is 0.133. The Bertz CT molecular complexity index is 687. The Balaban J connectivity index is 2.38. The van der Waals surface area contributed by atoms with E-state index in [-0.39, 0.29) is 0 Å². The minimum absolute atomic E-state index is 0.452. The largest absolute Gasteiger partial charge is 0.495 e. The van der Waals surface area contributed by atoms with Crippen LogP contribution in [-0.2, 0) is 0 Å². The molecular formula is C15H12Cl3NO2. The monoisotopic (exact) mass is 343 g/mol. The zero-order valence-corrected chi connectivity index (χ0v) is 13.6. The highest BCUT2D eigenvalue weighted by molar-refractivity contribution is 6.36. The van der Waals surface area contributed by atoms with Gasteiger partial charge in [0.25, 0.3) is 0 Å². The summed E-state index contributed by atoms with van der Waals surface area (Å²) in [6.45, 7) is 0. The third-order valence-electron chi connectivity index (χ3n) is 2.76. The Kier molecular flexibility index (Phi) is 5.34. The second-order valence-corrected chi connectivity index (χ2v) is 5.33. The number of hydrogen-bond acceptors (Lipinski definition) is 3. The van der Waals surface area contributed by atoms with Crippen LogP contribution in [0.4, 0.5) is 5.69 Å². The maximum Gasteiger partial charge on any atom is 0.148 e. The smallest absolute Gasteiger partial charge is 0.148 e. The van der Waals surface area contributed by atoms with Crippen molar-refractivity contribution in [1.29, 1.82) is 0 Å². The molecule has 0 fully saturated rings. The standard InChI is InChI=1S/C15H12Cl3NO2/c1-20-14-7-15(21-2)13(6-12(14)18)19-8-9-3-4-10(16)5-11(9)17/h3-8H,1-2H3. The van der Waals surface area contributed by atoms with E-state index in [2.05, 4.69) is 4.99 Å². The van der Waals surface area contributed by atoms with Gasteiger partial charge in [-0.05, 0) is 18.2 Å². The van der Waals surface area contributed by atoms with E-state index in [1.54, 1.807) is 43.7 Å². The molecule has 0 aliphatic heterocycles. The molecule has 0 radical (unpaired) electrons. The molecule has 0 spiro atoms. The van der Waals surface area contributed by atoms with Crippen LogP contribution >= 0.6 is 34.8 Å². The first-order valence-electron chi connectivity index (χ1n) is 5.95. The topological polar surface area (TPSA) is 30.8 Å². The highest BCUT2D eigenvalue weighted by atomic mass is 35.5. The Morgan fingerprint density at radius 3 is 2.24 bits per heavy atom. The van der Waals surface area contributed by atoms with Crippen molar-refractivity contribution < 1.29 is 9.47 Å². The maximum atomic E-state index is 6.10. The van der Waals surface area contributed by atoms with Crippen molar-refractivity contribution >= 4 is 46.7 Å². The van der Waals surface area contributed by atoms with E-state index in [9.17, 15) is 0 Å². The summed E-state index contributed by atoms with van der Waals surface area (Å²) in [6.07, 6.45) is 1.62. The van der Waals surface area contributed by atoms with Crippen molar-refractivity contribution in [3.8, 4) is 11.5 Å². The molecule has 2 rings (SSSR count). The molecule has 0 saturated carbocycles. The average molecular weight is 345 g/mol. The zero-order chi connectivity index (χ0) is 15.4. The van der Waals surface area contributed by atoms with Crippen LogP contribution in [0.1, 0.15) is 5.56 Å². The van der Waals surface area contributed by atoms with E-state index in [0.29, 0.717) is 32.3 Å². The van der Waals surface area contributed by atoms with Crippen LogP contribution in [0.15, 0.2) is 35.3 Å². The molecule has 0 amide bonds. The van der Waals surface area contributed by atoms with E-state index in [0.717, 1.165) is 5.56 Å². The Labute approximate surface area is 138 Å². The lowest BCUT2D eigenvalue weighted by Gasteiger charge is -2.09. The number of aliphatic imine (C=N–C) groups is 1. The van der Waals surface area contributed by atoms with Gasteiger partial charge in [0.15, 0.2) is 0 Å². The van der Waals surface area contributed by atoms with Crippen molar-refractivity contribution in [2.45, 2.75) is 0 Å². The molecule has 0 bridgehead atoms. The fourth-order valence-electron chi connectivity index (χ4n) is 1.69. The van der Waals surface area contributed by atoms with Gasteiger partial charge >= 0.3 is 0 Å². The average Bonchev–Trinajstić information content (AvgIpc) is 2.46. The third kappa shape index (κ3) is 3.82. The Morgan fingerprint density at radius 2 is 1.62 bits per heavy atom. The van der Waals surface area contributed by atoms with E-state index in [1.807, 2.05) is 0 Å². The molecule has 110 valence electrons. The number of rotatable bonds is 4. The number of ether oxygens (including phenoxy) is 2. The van der Waals surface area contributed by atoms with Crippen molar-refractivity contribution in [1.82, 2.24) is 0 Å². The molecule has 0 N–H and O–H groups in total. The minimum Gasteiger partial charge on any atom is -0.495 e. The van der Waals surface area contributed by atoms with E-state index in [4.69, 9.17) is 44.3 Å². The van der Waals surface area contributed by atoms with Crippen LogP contribution in [-0.4, -0.2) is 20.4 Å². The van der Waals surface area contributed by atoms with E-state index in [1.165, 1.54) is 7.11 Å². The Morgan fingerprint density at radius 1 is 0.905 bits per heavy atom. The van der Waals surface area contributed by atoms with Gasteiger partial charge in [-0.1, -0.05) is 40.9 Å². The van der Waals surface area contributed by atoms with Crippen molar-refractivity contribution in [2.24, 2.45) is 4.99 Å². The lowest BCUT2D eigenvalue weighted by atomic mass is 10.2. The summed E-state index contributed by atoms with van der Waals surface area (Å²) >= 11 is 18.0.